The van der Waals surface area contributed by atoms with Gasteiger partial charge in [0, 0.05) is 18.7 Å². The number of hydrogen-bond donors (Lipinski definition) is 1. The van der Waals surface area contributed by atoms with Crippen LogP contribution in [0.3, 0.4) is 0 Å². The average molecular weight is 357 g/mol. The molecule has 0 atom stereocenters. The van der Waals surface area contributed by atoms with Crippen LogP contribution in [0.15, 0.2) is 53.4 Å². The minimum Gasteiger partial charge on any atom is -0.339 e. The number of rotatable bonds is 6. The van der Waals surface area contributed by atoms with Gasteiger partial charge in [-0.25, -0.2) is 8.42 Å². The minimum atomic E-state index is -3.91. The summed E-state index contributed by atoms with van der Waals surface area (Å²) in [5.74, 6) is -0.223. The molecule has 1 N–H and O–H groups in total. The van der Waals surface area contributed by atoms with Crippen LogP contribution in [0.4, 0.5) is 5.69 Å². The maximum Gasteiger partial charge on any atom is 0.261 e. The Morgan fingerprint density at radius 1 is 1.12 bits per heavy atom. The fourth-order valence-electron chi connectivity index (χ4n) is 2.36. The third kappa shape index (κ3) is 4.17. The zero-order valence-electron chi connectivity index (χ0n) is 14.1. The van der Waals surface area contributed by atoms with Gasteiger partial charge in [0.05, 0.1) is 16.1 Å². The van der Waals surface area contributed by atoms with E-state index >= 15 is 0 Å². The number of anilines is 1. The van der Waals surface area contributed by atoms with Gasteiger partial charge in [-0.2, -0.15) is 5.26 Å². The van der Waals surface area contributed by atoms with Crippen LogP contribution in [0, 0.1) is 11.3 Å². The standard InChI is InChI=1S/C18H19N3O3S/c1-3-21(4-2)18(22)14-9-7-10-16(12-14)25(23,24)20-17-11-6-5-8-15(17)13-19/h5-12,20H,3-4H2,1-2H3. The molecule has 0 aromatic heterocycles. The smallest absolute Gasteiger partial charge is 0.261 e. The maximum atomic E-state index is 12.6. The fourth-order valence-corrected chi connectivity index (χ4v) is 3.49. The van der Waals surface area contributed by atoms with E-state index in [0.717, 1.165) is 0 Å². The van der Waals surface area contributed by atoms with Crippen LogP contribution in [0.1, 0.15) is 29.8 Å². The summed E-state index contributed by atoms with van der Waals surface area (Å²) in [6.45, 7) is 4.81. The van der Waals surface area contributed by atoms with Gasteiger partial charge in [-0.05, 0) is 44.2 Å². The zero-order valence-corrected chi connectivity index (χ0v) is 14.9. The molecule has 130 valence electrons. The first kappa shape index (κ1) is 18.5. The second kappa shape index (κ2) is 7.81. The number of amides is 1. The Morgan fingerprint density at radius 3 is 2.44 bits per heavy atom. The van der Waals surface area contributed by atoms with Gasteiger partial charge in [-0.3, -0.25) is 9.52 Å². The second-order valence-electron chi connectivity index (χ2n) is 5.27. The third-order valence-electron chi connectivity index (χ3n) is 3.73. The molecule has 1 amide bonds. The molecular weight excluding hydrogens is 338 g/mol. The molecule has 0 saturated carbocycles. The number of carbonyl (C=O) groups is 1. The normalized spacial score (nSPS) is 10.8. The van der Waals surface area contributed by atoms with E-state index in [9.17, 15) is 13.2 Å². The van der Waals surface area contributed by atoms with Crippen molar-refractivity contribution in [3.05, 3.63) is 59.7 Å². The molecule has 0 saturated heterocycles. The molecule has 0 heterocycles. The summed E-state index contributed by atoms with van der Waals surface area (Å²) in [6, 6.07) is 14.1. The van der Waals surface area contributed by atoms with Crippen molar-refractivity contribution >= 4 is 21.6 Å². The van der Waals surface area contributed by atoms with Gasteiger partial charge in [-0.1, -0.05) is 18.2 Å². The van der Waals surface area contributed by atoms with Gasteiger partial charge in [0.2, 0.25) is 0 Å². The van der Waals surface area contributed by atoms with E-state index in [4.69, 9.17) is 5.26 Å². The average Bonchev–Trinajstić information content (AvgIpc) is 2.63. The van der Waals surface area contributed by atoms with Gasteiger partial charge < -0.3 is 4.90 Å². The topological polar surface area (TPSA) is 90.3 Å². The molecule has 0 bridgehead atoms. The van der Waals surface area contributed by atoms with Crippen molar-refractivity contribution in [1.82, 2.24) is 4.90 Å². The summed E-state index contributed by atoms with van der Waals surface area (Å²) in [7, 11) is -3.91. The molecule has 2 rings (SSSR count). The summed E-state index contributed by atoms with van der Waals surface area (Å²) in [5, 5.41) is 9.08. The van der Waals surface area contributed by atoms with Crippen LogP contribution < -0.4 is 4.72 Å². The molecule has 0 fully saturated rings. The second-order valence-corrected chi connectivity index (χ2v) is 6.95. The molecule has 25 heavy (non-hydrogen) atoms. The van der Waals surface area contributed by atoms with Crippen molar-refractivity contribution in [1.29, 1.82) is 5.26 Å². The Kier molecular flexibility index (Phi) is 5.78. The van der Waals surface area contributed by atoms with Crippen molar-refractivity contribution in [3.8, 4) is 6.07 Å². The van der Waals surface area contributed by atoms with Crippen LogP contribution >= 0.6 is 0 Å². The Morgan fingerprint density at radius 2 is 1.80 bits per heavy atom. The molecule has 0 unspecified atom stereocenters. The lowest BCUT2D eigenvalue weighted by molar-refractivity contribution is 0.0772. The molecule has 0 aliphatic heterocycles. The van der Waals surface area contributed by atoms with Crippen molar-refractivity contribution < 1.29 is 13.2 Å². The monoisotopic (exact) mass is 357 g/mol. The number of sulfonamides is 1. The van der Waals surface area contributed by atoms with Crippen LogP contribution in [-0.4, -0.2) is 32.3 Å². The number of benzene rings is 2. The van der Waals surface area contributed by atoms with Gasteiger partial charge >= 0.3 is 0 Å². The van der Waals surface area contributed by atoms with Crippen molar-refractivity contribution in [2.24, 2.45) is 0 Å². The minimum absolute atomic E-state index is 0.0294. The van der Waals surface area contributed by atoms with E-state index in [1.165, 1.54) is 30.3 Å². The predicted octanol–water partition coefficient (Wildman–Crippen LogP) is 2.84. The maximum absolute atomic E-state index is 12.6. The molecule has 0 radical (unpaired) electrons. The van der Waals surface area contributed by atoms with Crippen molar-refractivity contribution in [3.63, 3.8) is 0 Å². The highest BCUT2D eigenvalue weighted by Crippen LogP contribution is 2.20. The number of nitriles is 1. The van der Waals surface area contributed by atoms with Crippen LogP contribution in [0.5, 0.6) is 0 Å². The molecule has 6 nitrogen and oxygen atoms in total. The Balaban J connectivity index is 2.36. The molecule has 7 heteroatoms. The number of para-hydroxylation sites is 1. The summed E-state index contributed by atoms with van der Waals surface area (Å²) >= 11 is 0. The van der Waals surface area contributed by atoms with Gasteiger partial charge in [0.15, 0.2) is 0 Å². The Bertz CT molecular complexity index is 913. The Hall–Kier alpha value is -2.85. The molecule has 0 aliphatic rings. The first-order chi connectivity index (χ1) is 11.9. The quantitative estimate of drug-likeness (QED) is 0.861. The molecule has 2 aromatic carbocycles. The highest BCUT2D eigenvalue weighted by molar-refractivity contribution is 7.92. The van der Waals surface area contributed by atoms with Crippen molar-refractivity contribution in [2.75, 3.05) is 17.8 Å². The van der Waals surface area contributed by atoms with E-state index in [2.05, 4.69) is 4.72 Å². The van der Waals surface area contributed by atoms with Crippen LogP contribution in [0.2, 0.25) is 0 Å². The van der Waals surface area contributed by atoms with E-state index in [0.29, 0.717) is 18.7 Å². The lowest BCUT2D eigenvalue weighted by Gasteiger charge is -2.19. The van der Waals surface area contributed by atoms with E-state index < -0.39 is 10.0 Å². The lowest BCUT2D eigenvalue weighted by Crippen LogP contribution is -2.30. The van der Waals surface area contributed by atoms with Crippen LogP contribution in [0.25, 0.3) is 0 Å². The Labute approximate surface area is 147 Å². The molecular formula is C18H19N3O3S. The SMILES string of the molecule is CCN(CC)C(=O)c1cccc(S(=O)(=O)Nc2ccccc2C#N)c1. The van der Waals surface area contributed by atoms with E-state index in [-0.39, 0.29) is 22.1 Å². The largest absolute Gasteiger partial charge is 0.339 e. The fraction of sp³-hybridized carbons (Fsp3) is 0.222. The number of nitrogens with one attached hydrogen (secondary N) is 1. The summed E-state index contributed by atoms with van der Waals surface area (Å²) in [5.41, 5.74) is 0.729. The van der Waals surface area contributed by atoms with Crippen molar-refractivity contribution in [2.45, 2.75) is 18.7 Å². The highest BCUT2D eigenvalue weighted by Gasteiger charge is 2.19. The predicted molar refractivity (Wildman–Crippen MR) is 95.7 cm³/mol. The molecule has 2 aromatic rings. The van der Waals surface area contributed by atoms with E-state index in [1.54, 1.807) is 23.1 Å². The zero-order chi connectivity index (χ0) is 18.4. The van der Waals surface area contributed by atoms with Gasteiger partial charge in [-0.15, -0.1) is 0 Å². The number of hydrogen-bond acceptors (Lipinski definition) is 4. The lowest BCUT2D eigenvalue weighted by atomic mass is 10.2. The van der Waals surface area contributed by atoms with Gasteiger partial charge in [0.25, 0.3) is 15.9 Å². The third-order valence-corrected chi connectivity index (χ3v) is 5.10. The summed E-state index contributed by atoms with van der Waals surface area (Å²) < 4.78 is 27.6. The highest BCUT2D eigenvalue weighted by atomic mass is 32.2. The number of carbonyl (C=O) groups excluding carboxylic acids is 1. The van der Waals surface area contributed by atoms with Gasteiger partial charge in [0.1, 0.15) is 6.07 Å². The summed E-state index contributed by atoms with van der Waals surface area (Å²) in [4.78, 5) is 14.0. The summed E-state index contributed by atoms with van der Waals surface area (Å²) in [6.07, 6.45) is 0. The van der Waals surface area contributed by atoms with Crippen LogP contribution in [-0.2, 0) is 10.0 Å². The molecule has 0 spiro atoms. The first-order valence-corrected chi connectivity index (χ1v) is 9.32. The first-order valence-electron chi connectivity index (χ1n) is 7.84. The van der Waals surface area contributed by atoms with E-state index in [1.807, 2.05) is 19.9 Å². The molecule has 0 aliphatic carbocycles. The number of nitrogens with zero attached hydrogens (tertiary/aromatic N) is 2.